The number of nitriles is 3. The summed E-state index contributed by atoms with van der Waals surface area (Å²) in [5, 5.41) is 30.0. The van der Waals surface area contributed by atoms with Crippen LogP contribution in [0, 0.1) is 45.3 Å². The number of hydrogen-bond donors (Lipinski definition) is 1. The first-order valence-corrected chi connectivity index (χ1v) is 9.89. The maximum absolute atomic E-state index is 10.1. The zero-order chi connectivity index (χ0) is 21.9. The fourth-order valence-corrected chi connectivity index (χ4v) is 4.70. The number of nitrogens with zero attached hydrogens (tertiary/aromatic N) is 4. The topological polar surface area (TPSA) is 119 Å². The van der Waals surface area contributed by atoms with E-state index >= 15 is 0 Å². The van der Waals surface area contributed by atoms with Crippen LogP contribution in [-0.2, 0) is 0 Å². The number of rotatable bonds is 5. The van der Waals surface area contributed by atoms with Crippen LogP contribution in [0.5, 0.6) is 11.5 Å². The van der Waals surface area contributed by atoms with Crippen LogP contribution in [-0.4, -0.2) is 38.8 Å². The van der Waals surface area contributed by atoms with Gasteiger partial charge in [-0.2, -0.15) is 15.8 Å². The summed E-state index contributed by atoms with van der Waals surface area (Å²) in [6.45, 7) is 4.25. The Morgan fingerprint density at radius 2 is 1.93 bits per heavy atom. The SMILES string of the molecule is CCCN1CC=C2[C@@H](C1)[C@H](c1cccc(OC)c1OC)C(C#N)=C(N)C2(C#N)C#N. The van der Waals surface area contributed by atoms with Crippen LogP contribution in [0.3, 0.4) is 0 Å². The third-order valence-electron chi connectivity index (χ3n) is 6.03. The van der Waals surface area contributed by atoms with Gasteiger partial charge in [0.25, 0.3) is 0 Å². The largest absolute Gasteiger partial charge is 0.493 e. The van der Waals surface area contributed by atoms with Gasteiger partial charge in [-0.1, -0.05) is 25.1 Å². The molecular formula is C23H25N5O2. The van der Waals surface area contributed by atoms with Crippen LogP contribution in [0.15, 0.2) is 41.1 Å². The van der Waals surface area contributed by atoms with Gasteiger partial charge < -0.3 is 15.2 Å². The highest BCUT2D eigenvalue weighted by molar-refractivity contribution is 5.61. The Labute approximate surface area is 177 Å². The van der Waals surface area contributed by atoms with Gasteiger partial charge in [0, 0.05) is 30.5 Å². The first-order chi connectivity index (χ1) is 14.5. The second kappa shape index (κ2) is 8.49. The number of para-hydroxylation sites is 1. The van der Waals surface area contributed by atoms with E-state index in [9.17, 15) is 15.8 Å². The van der Waals surface area contributed by atoms with E-state index in [0.717, 1.165) is 18.5 Å². The first-order valence-electron chi connectivity index (χ1n) is 9.89. The molecule has 0 saturated carbocycles. The molecule has 1 aliphatic heterocycles. The van der Waals surface area contributed by atoms with Crippen LogP contribution in [0.4, 0.5) is 0 Å². The average molecular weight is 403 g/mol. The van der Waals surface area contributed by atoms with E-state index in [1.165, 1.54) is 0 Å². The highest BCUT2D eigenvalue weighted by Gasteiger charge is 2.53. The van der Waals surface area contributed by atoms with E-state index in [1.54, 1.807) is 20.3 Å². The molecule has 0 saturated heterocycles. The third kappa shape index (κ3) is 3.07. The molecule has 7 heteroatoms. The van der Waals surface area contributed by atoms with Gasteiger partial charge in [-0.3, -0.25) is 4.90 Å². The Morgan fingerprint density at radius 1 is 1.20 bits per heavy atom. The highest BCUT2D eigenvalue weighted by Crippen LogP contribution is 2.54. The molecule has 2 aliphatic rings. The number of benzene rings is 1. The Kier molecular flexibility index (Phi) is 6.01. The molecule has 0 fully saturated rings. The summed E-state index contributed by atoms with van der Waals surface area (Å²) >= 11 is 0. The summed E-state index contributed by atoms with van der Waals surface area (Å²) in [7, 11) is 3.11. The molecule has 30 heavy (non-hydrogen) atoms. The molecule has 0 spiro atoms. The lowest BCUT2D eigenvalue weighted by Crippen LogP contribution is -2.47. The lowest BCUT2D eigenvalue weighted by molar-refractivity contribution is 0.223. The van der Waals surface area contributed by atoms with Crippen molar-refractivity contribution in [1.29, 1.82) is 15.8 Å². The zero-order valence-corrected chi connectivity index (χ0v) is 17.5. The molecule has 0 aromatic heterocycles. The zero-order valence-electron chi connectivity index (χ0n) is 17.5. The number of methoxy groups -OCH3 is 2. The predicted molar refractivity (Wildman–Crippen MR) is 111 cm³/mol. The smallest absolute Gasteiger partial charge is 0.204 e. The van der Waals surface area contributed by atoms with Gasteiger partial charge in [-0.15, -0.1) is 0 Å². The number of ether oxygens (including phenoxy) is 2. The second-order valence-electron chi connectivity index (χ2n) is 7.50. The molecular weight excluding hydrogens is 378 g/mol. The van der Waals surface area contributed by atoms with E-state index in [1.807, 2.05) is 18.2 Å². The van der Waals surface area contributed by atoms with Crippen molar-refractivity contribution in [3.8, 4) is 29.7 Å². The third-order valence-corrected chi connectivity index (χ3v) is 6.03. The van der Waals surface area contributed by atoms with Gasteiger partial charge in [0.2, 0.25) is 5.41 Å². The number of hydrogen-bond acceptors (Lipinski definition) is 7. The van der Waals surface area contributed by atoms with Crippen LogP contribution >= 0.6 is 0 Å². The van der Waals surface area contributed by atoms with Crippen molar-refractivity contribution < 1.29 is 9.47 Å². The van der Waals surface area contributed by atoms with E-state index in [0.29, 0.717) is 30.2 Å². The quantitative estimate of drug-likeness (QED) is 0.751. The lowest BCUT2D eigenvalue weighted by atomic mass is 9.60. The van der Waals surface area contributed by atoms with Gasteiger partial charge in [0.1, 0.15) is 0 Å². The highest BCUT2D eigenvalue weighted by atomic mass is 16.5. The van der Waals surface area contributed by atoms with Gasteiger partial charge >= 0.3 is 0 Å². The minimum absolute atomic E-state index is 0.0105. The monoisotopic (exact) mass is 403 g/mol. The van der Waals surface area contributed by atoms with Gasteiger partial charge in [-0.25, -0.2) is 0 Å². The average Bonchev–Trinajstić information content (AvgIpc) is 2.78. The molecule has 1 aromatic rings. The number of nitrogens with two attached hydrogens (primary N) is 1. The molecule has 1 aliphatic carbocycles. The van der Waals surface area contributed by atoms with Crippen LogP contribution in [0.25, 0.3) is 0 Å². The van der Waals surface area contributed by atoms with Crippen molar-refractivity contribution in [2.75, 3.05) is 33.9 Å². The lowest BCUT2D eigenvalue weighted by Gasteiger charge is -2.45. The molecule has 0 radical (unpaired) electrons. The Hall–Kier alpha value is -3.47. The standard InChI is InChI=1S/C23H25N5O2/c1-4-9-28-10-8-18-17(12-28)20(15-6-5-7-19(29-2)21(15)30-3)16(11-24)22(27)23(18,13-25)14-26/h5-8,17,20H,4,9-10,12,27H2,1-3H3/t17-,20-/m1/s1. The second-order valence-corrected chi connectivity index (χ2v) is 7.50. The molecule has 1 heterocycles. The molecule has 7 nitrogen and oxygen atoms in total. The molecule has 154 valence electrons. The van der Waals surface area contributed by atoms with Gasteiger partial charge in [-0.05, 0) is 24.6 Å². The van der Waals surface area contributed by atoms with Crippen LogP contribution in [0.1, 0.15) is 24.8 Å². The molecule has 0 amide bonds. The first kappa shape index (κ1) is 21.2. The maximum Gasteiger partial charge on any atom is 0.204 e. The molecule has 0 bridgehead atoms. The molecule has 1 aromatic carbocycles. The van der Waals surface area contributed by atoms with E-state index in [2.05, 4.69) is 30.0 Å². The minimum atomic E-state index is -1.63. The summed E-state index contributed by atoms with van der Waals surface area (Å²) in [5.74, 6) is 0.377. The van der Waals surface area contributed by atoms with Crippen molar-refractivity contribution in [3.63, 3.8) is 0 Å². The predicted octanol–water partition coefficient (Wildman–Crippen LogP) is 2.84. The normalized spacial score (nSPS) is 22.7. The van der Waals surface area contributed by atoms with Crippen molar-refractivity contribution in [1.82, 2.24) is 4.90 Å². The summed E-state index contributed by atoms with van der Waals surface area (Å²) in [5.41, 5.74) is 6.42. The van der Waals surface area contributed by atoms with Crippen molar-refractivity contribution in [2.24, 2.45) is 17.1 Å². The fraction of sp³-hybridized carbons (Fsp3) is 0.435. The summed E-state index contributed by atoms with van der Waals surface area (Å²) in [4.78, 5) is 2.27. The van der Waals surface area contributed by atoms with Gasteiger partial charge in [0.05, 0.1) is 43.7 Å². The Balaban J connectivity index is 2.32. The maximum atomic E-state index is 10.1. The van der Waals surface area contributed by atoms with E-state index in [-0.39, 0.29) is 17.2 Å². The Bertz CT molecular complexity index is 1010. The van der Waals surface area contributed by atoms with E-state index in [4.69, 9.17) is 15.2 Å². The number of fused-ring (bicyclic) bond motifs is 1. The minimum Gasteiger partial charge on any atom is -0.493 e. The van der Waals surface area contributed by atoms with Crippen LogP contribution in [0.2, 0.25) is 0 Å². The Morgan fingerprint density at radius 3 is 2.50 bits per heavy atom. The van der Waals surface area contributed by atoms with E-state index < -0.39 is 11.3 Å². The molecule has 2 N–H and O–H groups in total. The molecule has 2 atom stereocenters. The summed E-state index contributed by atoms with van der Waals surface area (Å²) in [6.07, 6.45) is 2.92. The fourth-order valence-electron chi connectivity index (χ4n) is 4.70. The molecule has 3 rings (SSSR count). The molecule has 0 unspecified atom stereocenters. The number of allylic oxidation sites excluding steroid dienone is 2. The van der Waals surface area contributed by atoms with Crippen molar-refractivity contribution in [3.05, 3.63) is 46.7 Å². The van der Waals surface area contributed by atoms with Crippen molar-refractivity contribution in [2.45, 2.75) is 19.3 Å². The van der Waals surface area contributed by atoms with Crippen molar-refractivity contribution >= 4 is 0 Å². The summed E-state index contributed by atoms with van der Waals surface area (Å²) < 4.78 is 11.1. The van der Waals surface area contributed by atoms with Crippen LogP contribution < -0.4 is 15.2 Å². The summed E-state index contributed by atoms with van der Waals surface area (Å²) in [6, 6.07) is 12.0. The van der Waals surface area contributed by atoms with Gasteiger partial charge in [0.15, 0.2) is 11.5 Å².